The lowest BCUT2D eigenvalue weighted by Crippen LogP contribution is -2.37. The van der Waals surface area contributed by atoms with Crippen molar-refractivity contribution >= 4 is 10.1 Å². The summed E-state index contributed by atoms with van der Waals surface area (Å²) in [6.07, 6.45) is 7.93. The molecule has 0 spiro atoms. The molecule has 0 aromatic rings. The third-order valence-corrected chi connectivity index (χ3v) is 5.80. The van der Waals surface area contributed by atoms with Gasteiger partial charge in [0, 0.05) is 0 Å². The van der Waals surface area contributed by atoms with Gasteiger partial charge < -0.3 is 5.73 Å². The topological polar surface area (TPSA) is 80.4 Å². The molecular formula is C13H29NO3S. The summed E-state index contributed by atoms with van der Waals surface area (Å²) in [5.41, 5.74) is 5.42. The zero-order chi connectivity index (χ0) is 14.1. The predicted octanol–water partition coefficient (Wildman–Crippen LogP) is 3.12. The van der Waals surface area contributed by atoms with Gasteiger partial charge in [0.1, 0.15) is 0 Å². The van der Waals surface area contributed by atoms with E-state index in [4.69, 9.17) is 5.73 Å². The molecule has 0 saturated carbocycles. The van der Waals surface area contributed by atoms with Crippen molar-refractivity contribution in [3.05, 3.63) is 0 Å². The fourth-order valence-electron chi connectivity index (χ4n) is 2.40. The van der Waals surface area contributed by atoms with Gasteiger partial charge in [-0.1, -0.05) is 46.0 Å². The molecule has 0 unspecified atom stereocenters. The molecule has 0 fully saturated rings. The minimum atomic E-state index is -3.94. The van der Waals surface area contributed by atoms with Crippen LogP contribution in [0.4, 0.5) is 0 Å². The summed E-state index contributed by atoms with van der Waals surface area (Å²) in [7, 11) is -3.94. The summed E-state index contributed by atoms with van der Waals surface area (Å²) in [5.74, 6) is 0. The van der Waals surface area contributed by atoms with Crippen molar-refractivity contribution < 1.29 is 13.0 Å². The molecule has 0 aromatic carbocycles. The lowest BCUT2D eigenvalue weighted by molar-refractivity contribution is 0.379. The largest absolute Gasteiger partial charge is 0.330 e. The number of hydrogen-bond acceptors (Lipinski definition) is 3. The zero-order valence-corrected chi connectivity index (χ0v) is 12.6. The highest BCUT2D eigenvalue weighted by atomic mass is 32.2. The average molecular weight is 279 g/mol. The summed E-state index contributed by atoms with van der Waals surface area (Å²) >= 11 is 0. The molecule has 0 saturated heterocycles. The molecule has 0 aliphatic heterocycles. The van der Waals surface area contributed by atoms with Crippen LogP contribution in [0.5, 0.6) is 0 Å². The molecule has 0 aliphatic rings. The van der Waals surface area contributed by atoms with E-state index >= 15 is 0 Å². The van der Waals surface area contributed by atoms with Crippen LogP contribution >= 0.6 is 0 Å². The molecule has 110 valence electrons. The first kappa shape index (κ1) is 17.9. The van der Waals surface area contributed by atoms with Gasteiger partial charge in [-0.25, -0.2) is 0 Å². The minimum Gasteiger partial charge on any atom is -0.330 e. The summed E-state index contributed by atoms with van der Waals surface area (Å²) < 4.78 is 31.4. The van der Waals surface area contributed by atoms with Gasteiger partial charge in [0.25, 0.3) is 10.1 Å². The summed E-state index contributed by atoms with van der Waals surface area (Å²) in [6, 6.07) is 0. The smallest absolute Gasteiger partial charge is 0.270 e. The maximum absolute atomic E-state index is 11.5. The highest BCUT2D eigenvalue weighted by Gasteiger charge is 2.38. The second-order valence-corrected chi connectivity index (χ2v) is 6.84. The van der Waals surface area contributed by atoms with Gasteiger partial charge in [-0.2, -0.15) is 8.42 Å². The van der Waals surface area contributed by atoms with E-state index in [9.17, 15) is 13.0 Å². The van der Waals surface area contributed by atoms with Crippen LogP contribution in [0.2, 0.25) is 0 Å². The van der Waals surface area contributed by atoms with Gasteiger partial charge in [0.15, 0.2) is 0 Å². The van der Waals surface area contributed by atoms with Crippen molar-refractivity contribution in [2.75, 3.05) is 6.54 Å². The normalized spacial score (nSPS) is 12.9. The Morgan fingerprint density at radius 1 is 0.944 bits per heavy atom. The lowest BCUT2D eigenvalue weighted by Gasteiger charge is -2.28. The van der Waals surface area contributed by atoms with E-state index in [1.165, 1.54) is 0 Å². The number of rotatable bonds is 11. The van der Waals surface area contributed by atoms with Crippen LogP contribution in [0.25, 0.3) is 0 Å². The highest BCUT2D eigenvalue weighted by molar-refractivity contribution is 7.87. The fourth-order valence-corrected chi connectivity index (χ4v) is 3.53. The second-order valence-electron chi connectivity index (χ2n) is 5.03. The monoisotopic (exact) mass is 279 g/mol. The Hall–Kier alpha value is -0.130. The van der Waals surface area contributed by atoms with Crippen molar-refractivity contribution in [1.82, 2.24) is 0 Å². The second kappa shape index (κ2) is 8.88. The average Bonchev–Trinajstić information content (AvgIpc) is 2.32. The van der Waals surface area contributed by atoms with E-state index in [2.05, 4.69) is 0 Å². The van der Waals surface area contributed by atoms with Gasteiger partial charge in [-0.3, -0.25) is 4.55 Å². The van der Waals surface area contributed by atoms with Crippen LogP contribution in [0.15, 0.2) is 0 Å². The zero-order valence-electron chi connectivity index (χ0n) is 11.8. The first-order valence-electron chi connectivity index (χ1n) is 7.10. The molecule has 18 heavy (non-hydrogen) atoms. The molecule has 3 N–H and O–H groups in total. The fraction of sp³-hybridized carbons (Fsp3) is 1.00. The standard InChI is InChI=1S/C13H29NO3S/c1-3-13(4-2,18(15,16)17)11-9-7-5-6-8-10-12-14/h3-12,14H2,1-2H3,(H,15,16,17). The van der Waals surface area contributed by atoms with Crippen LogP contribution in [-0.4, -0.2) is 24.3 Å². The van der Waals surface area contributed by atoms with E-state index in [0.29, 0.717) is 19.3 Å². The molecule has 0 amide bonds. The van der Waals surface area contributed by atoms with E-state index in [1.807, 2.05) is 13.8 Å². The Bertz CT molecular complexity index is 297. The molecule has 0 radical (unpaired) electrons. The molecule has 0 aliphatic carbocycles. The van der Waals surface area contributed by atoms with Crippen LogP contribution in [-0.2, 0) is 10.1 Å². The SMILES string of the molecule is CCC(CC)(CCCCCCCCN)S(=O)(=O)O. The van der Waals surface area contributed by atoms with E-state index in [0.717, 1.165) is 45.1 Å². The molecule has 0 aromatic heterocycles. The maximum atomic E-state index is 11.5. The Morgan fingerprint density at radius 2 is 1.39 bits per heavy atom. The van der Waals surface area contributed by atoms with Crippen molar-refractivity contribution in [3.63, 3.8) is 0 Å². The Morgan fingerprint density at radius 3 is 1.78 bits per heavy atom. The Labute approximate surface area is 112 Å². The summed E-state index contributed by atoms with van der Waals surface area (Å²) in [4.78, 5) is 0. The van der Waals surface area contributed by atoms with Crippen molar-refractivity contribution in [3.8, 4) is 0 Å². The predicted molar refractivity (Wildman–Crippen MR) is 76.2 cm³/mol. The lowest BCUT2D eigenvalue weighted by atomic mass is 9.94. The number of unbranched alkanes of at least 4 members (excludes halogenated alkanes) is 5. The van der Waals surface area contributed by atoms with Crippen LogP contribution < -0.4 is 5.73 Å². The van der Waals surface area contributed by atoms with Crippen LogP contribution in [0.1, 0.15) is 71.6 Å². The molecule has 0 rings (SSSR count). The number of hydrogen-bond donors (Lipinski definition) is 2. The van der Waals surface area contributed by atoms with E-state index < -0.39 is 14.9 Å². The first-order chi connectivity index (χ1) is 8.43. The third-order valence-electron chi connectivity index (χ3n) is 3.92. The van der Waals surface area contributed by atoms with Gasteiger partial charge in [-0.15, -0.1) is 0 Å². The molecule has 5 heteroatoms. The summed E-state index contributed by atoms with van der Waals surface area (Å²) in [5, 5.41) is 0. The summed E-state index contributed by atoms with van der Waals surface area (Å²) in [6.45, 7) is 4.41. The highest BCUT2D eigenvalue weighted by Crippen LogP contribution is 2.31. The van der Waals surface area contributed by atoms with Gasteiger partial charge >= 0.3 is 0 Å². The molecule has 0 atom stereocenters. The Balaban J connectivity index is 4.00. The van der Waals surface area contributed by atoms with Crippen molar-refractivity contribution in [2.24, 2.45) is 5.73 Å². The van der Waals surface area contributed by atoms with Gasteiger partial charge in [0.05, 0.1) is 4.75 Å². The minimum absolute atomic E-state index is 0.482. The molecular weight excluding hydrogens is 250 g/mol. The molecule has 0 bridgehead atoms. The van der Waals surface area contributed by atoms with Crippen molar-refractivity contribution in [2.45, 2.75) is 76.4 Å². The Kier molecular flexibility index (Phi) is 8.82. The third kappa shape index (κ3) is 5.67. The molecule has 4 nitrogen and oxygen atoms in total. The number of nitrogens with two attached hydrogens (primary N) is 1. The quantitative estimate of drug-likeness (QED) is 0.450. The van der Waals surface area contributed by atoms with E-state index in [-0.39, 0.29) is 0 Å². The van der Waals surface area contributed by atoms with Gasteiger partial charge in [0.2, 0.25) is 0 Å². The molecule has 0 heterocycles. The van der Waals surface area contributed by atoms with Gasteiger partial charge in [-0.05, 0) is 32.2 Å². The van der Waals surface area contributed by atoms with Crippen LogP contribution in [0, 0.1) is 0 Å². The van der Waals surface area contributed by atoms with Crippen molar-refractivity contribution in [1.29, 1.82) is 0 Å². The van der Waals surface area contributed by atoms with Crippen LogP contribution in [0.3, 0.4) is 0 Å². The van der Waals surface area contributed by atoms with E-state index in [1.54, 1.807) is 0 Å². The first-order valence-corrected chi connectivity index (χ1v) is 8.54. The maximum Gasteiger partial charge on any atom is 0.270 e.